The Hall–Kier alpha value is -3.50. The van der Waals surface area contributed by atoms with Gasteiger partial charge in [-0.2, -0.15) is 0 Å². The minimum absolute atomic E-state index is 0.00600. The molecule has 3 aliphatic rings. The highest BCUT2D eigenvalue weighted by atomic mass is 32.2. The maximum absolute atomic E-state index is 12.7. The summed E-state index contributed by atoms with van der Waals surface area (Å²) in [4.78, 5) is 42.1. The number of pyridine rings is 1. The fraction of sp³-hybridized carbons (Fsp3) is 0.393. The number of carbonyl (C=O) groups is 2. The maximum atomic E-state index is 12.7. The number of nitrogens with one attached hydrogen (secondary N) is 1. The summed E-state index contributed by atoms with van der Waals surface area (Å²) in [7, 11) is 1.63. The summed E-state index contributed by atoms with van der Waals surface area (Å²) in [5.41, 5.74) is 2.38. The van der Waals surface area contributed by atoms with Gasteiger partial charge in [-0.1, -0.05) is 0 Å². The van der Waals surface area contributed by atoms with Gasteiger partial charge in [0.2, 0.25) is 5.91 Å². The molecular weight excluding hydrogens is 504 g/mol. The molecule has 2 amide bonds. The van der Waals surface area contributed by atoms with E-state index in [9.17, 15) is 14.4 Å². The van der Waals surface area contributed by atoms with Crippen LogP contribution in [0.2, 0.25) is 0 Å². The summed E-state index contributed by atoms with van der Waals surface area (Å²) in [5.74, 6) is 1.51. The Balaban J connectivity index is 1.06. The molecule has 6 rings (SSSR count). The molecule has 4 heterocycles. The van der Waals surface area contributed by atoms with E-state index >= 15 is 0 Å². The molecular formula is C28H30N4O5S. The van der Waals surface area contributed by atoms with Crippen LogP contribution in [0.15, 0.2) is 58.2 Å². The summed E-state index contributed by atoms with van der Waals surface area (Å²) >= 11 is 1.50. The third-order valence-corrected chi connectivity index (χ3v) is 8.66. The van der Waals surface area contributed by atoms with Crippen LogP contribution in [0.3, 0.4) is 0 Å². The molecule has 10 heteroatoms. The van der Waals surface area contributed by atoms with Gasteiger partial charge in [0.1, 0.15) is 11.9 Å². The van der Waals surface area contributed by atoms with Gasteiger partial charge in [-0.3, -0.25) is 19.4 Å². The molecule has 2 saturated heterocycles. The summed E-state index contributed by atoms with van der Waals surface area (Å²) in [6.45, 7) is 3.62. The Kier molecular flexibility index (Phi) is 6.75. The summed E-state index contributed by atoms with van der Waals surface area (Å²) in [6, 6.07) is 15.0. The molecule has 3 aliphatic heterocycles. The first kappa shape index (κ1) is 24.8. The number of cyclic esters (lactones) is 1. The first-order valence-electron chi connectivity index (χ1n) is 12.9. The van der Waals surface area contributed by atoms with E-state index in [2.05, 4.69) is 10.2 Å². The van der Waals surface area contributed by atoms with Crippen molar-refractivity contribution in [3.05, 3.63) is 58.9 Å². The van der Waals surface area contributed by atoms with Crippen LogP contribution in [-0.4, -0.2) is 66.6 Å². The van der Waals surface area contributed by atoms with Gasteiger partial charge in [0.25, 0.3) is 5.56 Å². The molecule has 1 atom stereocenters. The molecule has 0 bridgehead atoms. The number of piperidine rings is 1. The average molecular weight is 535 g/mol. The van der Waals surface area contributed by atoms with Crippen molar-refractivity contribution in [2.45, 2.75) is 30.4 Å². The number of anilines is 2. The summed E-state index contributed by atoms with van der Waals surface area (Å²) in [6.07, 6.45) is 1.37. The lowest BCUT2D eigenvalue weighted by molar-refractivity contribution is -0.113. The molecule has 38 heavy (non-hydrogen) atoms. The van der Waals surface area contributed by atoms with E-state index in [0.717, 1.165) is 58.9 Å². The second kappa shape index (κ2) is 10.3. The Bertz CT molecular complexity index is 1450. The largest absolute Gasteiger partial charge is 0.497 e. The molecule has 198 valence electrons. The van der Waals surface area contributed by atoms with Gasteiger partial charge < -0.3 is 19.4 Å². The maximum Gasteiger partial charge on any atom is 0.414 e. The number of fused-ring (bicyclic) bond motifs is 2. The third kappa shape index (κ3) is 4.98. The quantitative estimate of drug-likeness (QED) is 0.514. The number of aromatic nitrogens is 1. The molecule has 0 radical (unpaired) electrons. The number of hydrogen-bond acceptors (Lipinski definition) is 7. The van der Waals surface area contributed by atoms with Crippen LogP contribution in [0.4, 0.5) is 16.2 Å². The van der Waals surface area contributed by atoms with E-state index in [1.165, 1.54) is 11.8 Å². The van der Waals surface area contributed by atoms with Crippen LogP contribution < -0.4 is 20.5 Å². The molecule has 2 fully saturated rings. The van der Waals surface area contributed by atoms with Gasteiger partial charge in [0.15, 0.2) is 0 Å². The van der Waals surface area contributed by atoms with Crippen LogP contribution in [0.5, 0.6) is 5.75 Å². The molecule has 0 aliphatic carbocycles. The van der Waals surface area contributed by atoms with Crippen molar-refractivity contribution in [3.63, 3.8) is 0 Å². The van der Waals surface area contributed by atoms with Crippen molar-refractivity contribution in [1.82, 2.24) is 9.47 Å². The Morgan fingerprint density at radius 1 is 1.03 bits per heavy atom. The standard InChI is InChI=1S/C28H30N4O5S/c1-36-21-5-2-19-3-7-27(34)32(24(19)13-21)14-18-8-10-30(11-9-18)15-22-16-31(28(35)37-22)20-4-6-25-23(12-20)29-26(33)17-38-25/h2-7,12-13,18,22H,8-11,14-17H2,1H3,(H,29,33). The first-order chi connectivity index (χ1) is 18.5. The van der Waals surface area contributed by atoms with Crippen molar-refractivity contribution >= 4 is 46.0 Å². The Morgan fingerprint density at radius 3 is 2.66 bits per heavy atom. The van der Waals surface area contributed by atoms with E-state index in [1.807, 2.05) is 47.0 Å². The number of benzene rings is 2. The highest BCUT2D eigenvalue weighted by Gasteiger charge is 2.35. The van der Waals surface area contributed by atoms with E-state index in [-0.39, 0.29) is 23.7 Å². The van der Waals surface area contributed by atoms with E-state index < -0.39 is 0 Å². The molecule has 1 N–H and O–H groups in total. The zero-order valence-electron chi connectivity index (χ0n) is 21.2. The van der Waals surface area contributed by atoms with Crippen LogP contribution in [0, 0.1) is 5.92 Å². The first-order valence-corrected chi connectivity index (χ1v) is 13.9. The Labute approximate surface area is 224 Å². The molecule has 0 spiro atoms. The Morgan fingerprint density at radius 2 is 1.84 bits per heavy atom. The van der Waals surface area contributed by atoms with Crippen LogP contribution >= 0.6 is 11.8 Å². The second-order valence-corrected chi connectivity index (χ2v) is 11.1. The highest BCUT2D eigenvalue weighted by molar-refractivity contribution is 8.00. The van der Waals surface area contributed by atoms with Crippen molar-refractivity contribution in [2.24, 2.45) is 5.92 Å². The zero-order chi connectivity index (χ0) is 26.2. The number of thioether (sulfide) groups is 1. The lowest BCUT2D eigenvalue weighted by Gasteiger charge is -2.33. The van der Waals surface area contributed by atoms with E-state index in [0.29, 0.717) is 31.3 Å². The minimum atomic E-state index is -0.356. The monoisotopic (exact) mass is 534 g/mol. The predicted molar refractivity (Wildman–Crippen MR) is 147 cm³/mol. The fourth-order valence-electron chi connectivity index (χ4n) is 5.55. The van der Waals surface area contributed by atoms with Crippen molar-refractivity contribution in [1.29, 1.82) is 0 Å². The number of methoxy groups -OCH3 is 1. The van der Waals surface area contributed by atoms with Gasteiger partial charge in [-0.05, 0) is 73.6 Å². The van der Waals surface area contributed by atoms with Crippen LogP contribution in [-0.2, 0) is 16.1 Å². The normalized spacial score (nSPS) is 20.3. The predicted octanol–water partition coefficient (Wildman–Crippen LogP) is 3.79. The number of amides is 2. The number of hydrogen-bond donors (Lipinski definition) is 1. The summed E-state index contributed by atoms with van der Waals surface area (Å²) < 4.78 is 12.9. The number of ether oxygens (including phenoxy) is 2. The van der Waals surface area contributed by atoms with Gasteiger partial charge in [-0.15, -0.1) is 11.8 Å². The van der Waals surface area contributed by atoms with Gasteiger partial charge in [0, 0.05) is 35.8 Å². The van der Waals surface area contributed by atoms with Crippen molar-refractivity contribution in [2.75, 3.05) is 49.3 Å². The number of rotatable bonds is 6. The molecule has 3 aromatic rings. The topological polar surface area (TPSA) is 93.1 Å². The lowest BCUT2D eigenvalue weighted by Crippen LogP contribution is -2.41. The van der Waals surface area contributed by atoms with Gasteiger partial charge in [0.05, 0.1) is 30.6 Å². The van der Waals surface area contributed by atoms with E-state index in [4.69, 9.17) is 9.47 Å². The third-order valence-electron chi connectivity index (χ3n) is 7.59. The van der Waals surface area contributed by atoms with Crippen LogP contribution in [0.25, 0.3) is 10.9 Å². The molecule has 0 saturated carbocycles. The molecule has 1 unspecified atom stereocenters. The summed E-state index contributed by atoms with van der Waals surface area (Å²) in [5, 5.41) is 3.91. The molecule has 1 aromatic heterocycles. The molecule has 9 nitrogen and oxygen atoms in total. The van der Waals surface area contributed by atoms with Gasteiger partial charge in [-0.25, -0.2) is 4.79 Å². The van der Waals surface area contributed by atoms with Crippen LogP contribution in [0.1, 0.15) is 12.8 Å². The smallest absolute Gasteiger partial charge is 0.414 e. The number of likely N-dealkylation sites (tertiary alicyclic amines) is 1. The number of nitrogens with zero attached hydrogens (tertiary/aromatic N) is 3. The van der Waals surface area contributed by atoms with E-state index in [1.54, 1.807) is 18.1 Å². The van der Waals surface area contributed by atoms with Gasteiger partial charge >= 0.3 is 6.09 Å². The fourth-order valence-corrected chi connectivity index (χ4v) is 6.34. The minimum Gasteiger partial charge on any atom is -0.497 e. The highest BCUT2D eigenvalue weighted by Crippen LogP contribution is 2.35. The second-order valence-electron chi connectivity index (χ2n) is 10.1. The van der Waals surface area contributed by atoms with Crippen molar-refractivity contribution < 1.29 is 19.1 Å². The number of carbonyl (C=O) groups excluding carboxylic acids is 2. The average Bonchev–Trinajstić information content (AvgIpc) is 3.30. The van der Waals surface area contributed by atoms with Crippen molar-refractivity contribution in [3.8, 4) is 5.75 Å². The molecule has 2 aromatic carbocycles. The SMILES string of the molecule is COc1ccc2ccc(=O)n(CC3CCN(CC4CN(c5ccc6c(c5)NC(=O)CS6)C(=O)O4)CC3)c2c1. The lowest BCUT2D eigenvalue weighted by atomic mass is 9.96. The zero-order valence-corrected chi connectivity index (χ0v) is 22.0.